The number of hydrogen-bond acceptors (Lipinski definition) is 8. The van der Waals surface area contributed by atoms with Crippen molar-refractivity contribution >= 4 is 5.82 Å². The quantitative estimate of drug-likeness (QED) is 0.778. The third-order valence-electron chi connectivity index (χ3n) is 4.43. The molecule has 2 aromatic rings. The van der Waals surface area contributed by atoms with Crippen LogP contribution in [0.1, 0.15) is 30.5 Å². The molecule has 0 spiro atoms. The van der Waals surface area contributed by atoms with Crippen LogP contribution in [0.15, 0.2) is 22.9 Å². The standard InChI is InChI=1S/C16H22N6O2/c1-21(15-3-2-6-17-19-15)9-13-10-22(7-8-23-13)11-14-18-16(24-20-14)12-4-5-12/h2-3,6,12-13H,4-5,7-11H2,1H3/t13-/m1/s1. The Morgan fingerprint density at radius 2 is 2.29 bits per heavy atom. The largest absolute Gasteiger partial charge is 0.374 e. The second kappa shape index (κ2) is 6.82. The lowest BCUT2D eigenvalue weighted by molar-refractivity contribution is -0.0274. The fourth-order valence-electron chi connectivity index (χ4n) is 2.96. The SMILES string of the molecule is CN(C[C@@H]1CN(Cc2noc(C3CC3)n2)CCO1)c1cccnn1. The van der Waals surface area contributed by atoms with E-state index in [2.05, 4.69) is 30.1 Å². The molecule has 1 saturated carbocycles. The first-order valence-corrected chi connectivity index (χ1v) is 8.43. The molecular formula is C16H22N6O2. The minimum atomic E-state index is 0.126. The van der Waals surface area contributed by atoms with Gasteiger partial charge in [-0.1, -0.05) is 5.16 Å². The highest BCUT2D eigenvalue weighted by molar-refractivity contribution is 5.35. The highest BCUT2D eigenvalue weighted by atomic mass is 16.5. The lowest BCUT2D eigenvalue weighted by Crippen LogP contribution is -2.46. The summed E-state index contributed by atoms with van der Waals surface area (Å²) in [7, 11) is 2.01. The van der Waals surface area contributed by atoms with Crippen molar-refractivity contribution in [3.63, 3.8) is 0 Å². The Hall–Kier alpha value is -2.06. The summed E-state index contributed by atoms with van der Waals surface area (Å²) in [5.41, 5.74) is 0. The molecule has 2 fully saturated rings. The number of ether oxygens (including phenoxy) is 1. The molecule has 0 bridgehead atoms. The molecule has 0 radical (unpaired) electrons. The first kappa shape index (κ1) is 15.5. The molecule has 1 aliphatic carbocycles. The van der Waals surface area contributed by atoms with Gasteiger partial charge < -0.3 is 14.2 Å². The van der Waals surface area contributed by atoms with Crippen LogP contribution in [0.25, 0.3) is 0 Å². The second-order valence-electron chi connectivity index (χ2n) is 6.51. The van der Waals surface area contributed by atoms with Gasteiger partial charge >= 0.3 is 0 Å². The van der Waals surface area contributed by atoms with E-state index in [1.165, 1.54) is 12.8 Å². The van der Waals surface area contributed by atoms with Crippen molar-refractivity contribution in [3.05, 3.63) is 30.0 Å². The van der Waals surface area contributed by atoms with Crippen molar-refractivity contribution < 1.29 is 9.26 Å². The van der Waals surface area contributed by atoms with Crippen LogP contribution in [0.4, 0.5) is 5.82 Å². The lowest BCUT2D eigenvalue weighted by atomic mass is 10.2. The highest BCUT2D eigenvalue weighted by Crippen LogP contribution is 2.38. The molecule has 0 aromatic carbocycles. The highest BCUT2D eigenvalue weighted by Gasteiger charge is 2.30. The van der Waals surface area contributed by atoms with Crippen LogP contribution in [0.2, 0.25) is 0 Å². The number of likely N-dealkylation sites (N-methyl/N-ethyl adjacent to an activating group) is 1. The van der Waals surface area contributed by atoms with Crippen LogP contribution >= 0.6 is 0 Å². The molecule has 8 heteroatoms. The number of rotatable bonds is 6. The zero-order valence-corrected chi connectivity index (χ0v) is 13.8. The van der Waals surface area contributed by atoms with Crippen molar-refractivity contribution in [2.24, 2.45) is 0 Å². The minimum absolute atomic E-state index is 0.126. The molecule has 0 N–H and O–H groups in total. The monoisotopic (exact) mass is 330 g/mol. The fourth-order valence-corrected chi connectivity index (χ4v) is 2.96. The number of nitrogens with zero attached hydrogens (tertiary/aromatic N) is 6. The molecule has 0 unspecified atom stereocenters. The van der Waals surface area contributed by atoms with Crippen LogP contribution in [-0.4, -0.2) is 64.6 Å². The zero-order valence-electron chi connectivity index (χ0n) is 13.8. The predicted molar refractivity (Wildman–Crippen MR) is 86.6 cm³/mol. The molecule has 24 heavy (non-hydrogen) atoms. The van der Waals surface area contributed by atoms with E-state index in [9.17, 15) is 0 Å². The Bertz CT molecular complexity index is 660. The normalized spacial score (nSPS) is 21.8. The molecule has 0 amide bonds. The summed E-state index contributed by atoms with van der Waals surface area (Å²) < 4.78 is 11.2. The lowest BCUT2D eigenvalue weighted by Gasteiger charge is -2.34. The summed E-state index contributed by atoms with van der Waals surface area (Å²) in [6.07, 6.45) is 4.16. The van der Waals surface area contributed by atoms with Crippen molar-refractivity contribution in [3.8, 4) is 0 Å². The van der Waals surface area contributed by atoms with Gasteiger partial charge in [0.15, 0.2) is 11.6 Å². The van der Waals surface area contributed by atoms with E-state index in [4.69, 9.17) is 9.26 Å². The summed E-state index contributed by atoms with van der Waals surface area (Å²) in [6.45, 7) is 3.93. The second-order valence-corrected chi connectivity index (χ2v) is 6.51. The van der Waals surface area contributed by atoms with E-state index in [0.717, 1.165) is 37.2 Å². The Kier molecular flexibility index (Phi) is 4.40. The van der Waals surface area contributed by atoms with Gasteiger partial charge in [0.05, 0.1) is 19.3 Å². The van der Waals surface area contributed by atoms with Gasteiger partial charge in [-0.05, 0) is 25.0 Å². The van der Waals surface area contributed by atoms with Gasteiger partial charge in [0.2, 0.25) is 5.89 Å². The van der Waals surface area contributed by atoms with Gasteiger partial charge in [0.25, 0.3) is 0 Å². The van der Waals surface area contributed by atoms with Crippen molar-refractivity contribution in [1.82, 2.24) is 25.2 Å². The van der Waals surface area contributed by atoms with Gasteiger partial charge in [-0.15, -0.1) is 5.10 Å². The van der Waals surface area contributed by atoms with Crippen molar-refractivity contribution in [2.45, 2.75) is 31.4 Å². The maximum absolute atomic E-state index is 5.90. The minimum Gasteiger partial charge on any atom is -0.374 e. The van der Waals surface area contributed by atoms with Gasteiger partial charge in [-0.3, -0.25) is 4.90 Å². The summed E-state index contributed by atoms with van der Waals surface area (Å²) in [4.78, 5) is 8.90. The number of aromatic nitrogens is 4. The molecule has 4 rings (SSSR count). The van der Waals surface area contributed by atoms with E-state index in [0.29, 0.717) is 19.1 Å². The van der Waals surface area contributed by atoms with Crippen LogP contribution in [0.3, 0.4) is 0 Å². The van der Waals surface area contributed by atoms with E-state index in [1.807, 2.05) is 19.2 Å². The summed E-state index contributed by atoms with van der Waals surface area (Å²) >= 11 is 0. The molecule has 8 nitrogen and oxygen atoms in total. The third-order valence-corrected chi connectivity index (χ3v) is 4.43. The average molecular weight is 330 g/mol. The molecule has 1 aliphatic heterocycles. The van der Waals surface area contributed by atoms with Crippen LogP contribution in [0, 0.1) is 0 Å². The summed E-state index contributed by atoms with van der Waals surface area (Å²) in [5, 5.41) is 12.2. The van der Waals surface area contributed by atoms with E-state index < -0.39 is 0 Å². The summed E-state index contributed by atoms with van der Waals surface area (Å²) in [6, 6.07) is 3.84. The van der Waals surface area contributed by atoms with Gasteiger partial charge in [0.1, 0.15) is 0 Å². The van der Waals surface area contributed by atoms with Gasteiger partial charge in [0, 0.05) is 38.8 Å². The average Bonchev–Trinajstić information content (AvgIpc) is 3.36. The number of anilines is 1. The molecule has 128 valence electrons. The summed E-state index contributed by atoms with van der Waals surface area (Å²) in [5.74, 6) is 2.94. The first-order valence-electron chi connectivity index (χ1n) is 8.43. The number of morpholine rings is 1. The molecule has 1 atom stereocenters. The van der Waals surface area contributed by atoms with E-state index in [1.54, 1.807) is 6.20 Å². The van der Waals surface area contributed by atoms with Gasteiger partial charge in [-0.2, -0.15) is 10.1 Å². The Balaban J connectivity index is 1.31. The van der Waals surface area contributed by atoms with Crippen LogP contribution in [-0.2, 0) is 11.3 Å². The predicted octanol–water partition coefficient (Wildman–Crippen LogP) is 1.07. The topological polar surface area (TPSA) is 80.4 Å². The van der Waals surface area contributed by atoms with Crippen molar-refractivity contribution in [2.75, 3.05) is 38.2 Å². The van der Waals surface area contributed by atoms with E-state index in [-0.39, 0.29) is 6.10 Å². The molecule has 2 aromatic heterocycles. The zero-order chi connectivity index (χ0) is 16.4. The number of hydrogen-bond donors (Lipinski definition) is 0. The molecule has 1 saturated heterocycles. The first-order chi connectivity index (χ1) is 11.8. The Morgan fingerprint density at radius 1 is 1.38 bits per heavy atom. The van der Waals surface area contributed by atoms with Crippen molar-refractivity contribution in [1.29, 1.82) is 0 Å². The van der Waals surface area contributed by atoms with E-state index >= 15 is 0 Å². The Morgan fingerprint density at radius 3 is 3.08 bits per heavy atom. The molecule has 2 aliphatic rings. The third kappa shape index (κ3) is 3.70. The maximum atomic E-state index is 5.90. The molecule has 3 heterocycles. The fraction of sp³-hybridized carbons (Fsp3) is 0.625. The van der Waals surface area contributed by atoms with Gasteiger partial charge in [-0.25, -0.2) is 0 Å². The van der Waals surface area contributed by atoms with Crippen LogP contribution in [0.5, 0.6) is 0 Å². The Labute approximate surface area is 140 Å². The smallest absolute Gasteiger partial charge is 0.229 e. The molecular weight excluding hydrogens is 308 g/mol. The van der Waals surface area contributed by atoms with Crippen LogP contribution < -0.4 is 4.90 Å². The maximum Gasteiger partial charge on any atom is 0.229 e.